The highest BCUT2D eigenvalue weighted by molar-refractivity contribution is 8.15. The van der Waals surface area contributed by atoms with E-state index in [1.165, 1.54) is 11.8 Å². The number of hydrogen-bond acceptors (Lipinski definition) is 5. The lowest BCUT2D eigenvalue weighted by Gasteiger charge is -2.20. The first-order chi connectivity index (χ1) is 11.1. The summed E-state index contributed by atoms with van der Waals surface area (Å²) in [7, 11) is 0. The number of aliphatic imine (C=N–C) groups is 1. The number of amides is 1. The summed E-state index contributed by atoms with van der Waals surface area (Å²) < 4.78 is 5.60. The van der Waals surface area contributed by atoms with Crippen LogP contribution in [0.2, 0.25) is 0 Å². The third-order valence-electron chi connectivity index (χ3n) is 3.77. The molecule has 0 bridgehead atoms. The lowest BCUT2D eigenvalue weighted by atomic mass is 10.2. The van der Waals surface area contributed by atoms with E-state index in [-0.39, 0.29) is 18.4 Å². The number of carbonyl (C=O) groups excluding carboxylic acids is 1. The highest BCUT2D eigenvalue weighted by atomic mass is 32.2. The molecule has 0 radical (unpaired) electrons. The van der Waals surface area contributed by atoms with Gasteiger partial charge in [0.2, 0.25) is 5.91 Å². The van der Waals surface area contributed by atoms with E-state index in [9.17, 15) is 9.59 Å². The number of carbonyl (C=O) groups is 2. The van der Waals surface area contributed by atoms with Gasteiger partial charge in [0.25, 0.3) is 0 Å². The average Bonchev–Trinajstić information content (AvgIpc) is 3.13. The van der Waals surface area contributed by atoms with Crippen LogP contribution < -0.4 is 0 Å². The minimum absolute atomic E-state index is 0.00380. The number of benzene rings is 1. The van der Waals surface area contributed by atoms with Crippen molar-refractivity contribution in [3.63, 3.8) is 0 Å². The highest BCUT2D eigenvalue weighted by Crippen LogP contribution is 2.32. The van der Waals surface area contributed by atoms with Crippen LogP contribution in [0.5, 0.6) is 0 Å². The first kappa shape index (κ1) is 16.0. The van der Waals surface area contributed by atoms with Gasteiger partial charge in [0.05, 0.1) is 24.8 Å². The monoisotopic (exact) mass is 334 g/mol. The quantitative estimate of drug-likeness (QED) is 0.893. The number of hydrogen-bond donors (Lipinski definition) is 1. The lowest BCUT2D eigenvalue weighted by Crippen LogP contribution is -2.38. The Bertz CT molecular complexity index is 614. The maximum Gasteiger partial charge on any atom is 0.305 e. The number of carboxylic acids is 1. The first-order valence-electron chi connectivity index (χ1n) is 7.58. The van der Waals surface area contributed by atoms with Crippen molar-refractivity contribution in [2.24, 2.45) is 4.99 Å². The van der Waals surface area contributed by atoms with Crippen molar-refractivity contribution in [3.05, 3.63) is 30.3 Å². The molecule has 3 rings (SSSR count). The number of ether oxygens (including phenoxy) is 1. The molecule has 2 saturated heterocycles. The van der Waals surface area contributed by atoms with Crippen molar-refractivity contribution in [1.82, 2.24) is 4.90 Å². The molecule has 122 valence electrons. The van der Waals surface area contributed by atoms with Gasteiger partial charge >= 0.3 is 5.97 Å². The molecule has 0 saturated carbocycles. The van der Waals surface area contributed by atoms with Gasteiger partial charge in [0.15, 0.2) is 5.17 Å². The van der Waals surface area contributed by atoms with E-state index < -0.39 is 11.2 Å². The topological polar surface area (TPSA) is 79.2 Å². The molecule has 2 atom stereocenters. The molecular weight excluding hydrogens is 316 g/mol. The van der Waals surface area contributed by atoms with Crippen molar-refractivity contribution in [2.45, 2.75) is 30.6 Å². The Morgan fingerprint density at radius 2 is 2.17 bits per heavy atom. The number of para-hydroxylation sites is 1. The van der Waals surface area contributed by atoms with Crippen LogP contribution in [-0.2, 0) is 14.3 Å². The van der Waals surface area contributed by atoms with Gasteiger partial charge < -0.3 is 9.84 Å². The molecule has 0 unspecified atom stereocenters. The third kappa shape index (κ3) is 3.92. The smallest absolute Gasteiger partial charge is 0.305 e. The first-order valence-corrected chi connectivity index (χ1v) is 8.46. The van der Waals surface area contributed by atoms with Crippen molar-refractivity contribution in [1.29, 1.82) is 0 Å². The summed E-state index contributed by atoms with van der Waals surface area (Å²) in [5.74, 6) is -1.17. The molecule has 2 heterocycles. The number of rotatable bonds is 5. The van der Waals surface area contributed by atoms with Gasteiger partial charge in [-0.05, 0) is 25.0 Å². The second-order valence-corrected chi connectivity index (χ2v) is 6.69. The van der Waals surface area contributed by atoms with E-state index in [1.54, 1.807) is 4.90 Å². The molecule has 0 spiro atoms. The molecule has 1 N–H and O–H groups in total. The summed E-state index contributed by atoms with van der Waals surface area (Å²) in [6.45, 7) is 1.15. The lowest BCUT2D eigenvalue weighted by molar-refractivity contribution is -0.139. The molecule has 2 aliphatic heterocycles. The molecule has 0 aromatic heterocycles. The van der Waals surface area contributed by atoms with Gasteiger partial charge in [-0.2, -0.15) is 0 Å². The minimum Gasteiger partial charge on any atom is -0.481 e. The van der Waals surface area contributed by atoms with E-state index in [4.69, 9.17) is 9.84 Å². The van der Waals surface area contributed by atoms with Crippen molar-refractivity contribution in [2.75, 3.05) is 13.2 Å². The van der Waals surface area contributed by atoms with Crippen LogP contribution in [0.1, 0.15) is 19.3 Å². The number of aliphatic carboxylic acids is 1. The largest absolute Gasteiger partial charge is 0.481 e. The highest BCUT2D eigenvalue weighted by Gasteiger charge is 2.40. The Morgan fingerprint density at radius 1 is 1.39 bits per heavy atom. The van der Waals surface area contributed by atoms with Gasteiger partial charge in [0.1, 0.15) is 5.25 Å². The van der Waals surface area contributed by atoms with Crippen LogP contribution in [0.25, 0.3) is 0 Å². The zero-order valence-corrected chi connectivity index (χ0v) is 13.4. The predicted octanol–water partition coefficient (Wildman–Crippen LogP) is 2.27. The van der Waals surface area contributed by atoms with Crippen LogP contribution in [0.4, 0.5) is 5.69 Å². The van der Waals surface area contributed by atoms with E-state index in [0.717, 1.165) is 18.5 Å². The van der Waals surface area contributed by atoms with E-state index in [1.807, 2.05) is 30.3 Å². The fraction of sp³-hybridized carbons (Fsp3) is 0.438. The summed E-state index contributed by atoms with van der Waals surface area (Å²) >= 11 is 1.22. The van der Waals surface area contributed by atoms with Crippen molar-refractivity contribution >= 4 is 34.5 Å². The molecule has 7 heteroatoms. The molecule has 23 heavy (non-hydrogen) atoms. The van der Waals surface area contributed by atoms with Gasteiger partial charge in [0, 0.05) is 6.61 Å². The Kier molecular flexibility index (Phi) is 4.97. The summed E-state index contributed by atoms with van der Waals surface area (Å²) in [4.78, 5) is 29.6. The second kappa shape index (κ2) is 7.14. The van der Waals surface area contributed by atoms with E-state index in [2.05, 4.69) is 4.99 Å². The molecular formula is C16H18N2O4S. The van der Waals surface area contributed by atoms with Crippen LogP contribution in [-0.4, -0.2) is 51.6 Å². The van der Waals surface area contributed by atoms with Crippen LogP contribution in [0, 0.1) is 0 Å². The number of carboxylic acid groups (broad SMARTS) is 1. The summed E-state index contributed by atoms with van der Waals surface area (Å²) in [6, 6.07) is 9.35. The second-order valence-electron chi connectivity index (χ2n) is 5.52. The summed E-state index contributed by atoms with van der Waals surface area (Å²) in [5.41, 5.74) is 0.746. The minimum atomic E-state index is -0.978. The fourth-order valence-corrected chi connectivity index (χ4v) is 3.81. The Balaban J connectivity index is 1.82. The van der Waals surface area contributed by atoms with Crippen molar-refractivity contribution in [3.8, 4) is 0 Å². The third-order valence-corrected chi connectivity index (χ3v) is 4.95. The van der Waals surface area contributed by atoms with Gasteiger partial charge in [-0.3, -0.25) is 14.5 Å². The molecule has 1 amide bonds. The van der Waals surface area contributed by atoms with Crippen LogP contribution in [0.3, 0.4) is 0 Å². The molecule has 1 aromatic rings. The SMILES string of the molecule is O=C(O)C[C@H]1SC(=Nc2ccccc2)N(C[C@@H]2CCCO2)C1=O. The molecule has 2 fully saturated rings. The number of amidine groups is 1. The summed E-state index contributed by atoms with van der Waals surface area (Å²) in [6.07, 6.45) is 1.71. The van der Waals surface area contributed by atoms with E-state index in [0.29, 0.717) is 18.3 Å². The Morgan fingerprint density at radius 3 is 2.83 bits per heavy atom. The van der Waals surface area contributed by atoms with Gasteiger partial charge in [-0.1, -0.05) is 30.0 Å². The average molecular weight is 334 g/mol. The number of thioether (sulfide) groups is 1. The summed E-state index contributed by atoms with van der Waals surface area (Å²) in [5, 5.41) is 8.93. The zero-order valence-electron chi connectivity index (χ0n) is 12.6. The Hall–Kier alpha value is -1.86. The maximum absolute atomic E-state index is 12.5. The maximum atomic E-state index is 12.5. The standard InChI is InChI=1S/C16H18N2O4S/c19-14(20)9-13-15(21)18(10-12-7-4-8-22-12)16(23-13)17-11-5-2-1-3-6-11/h1-3,5-6,12-13H,4,7-10H2,(H,19,20)/t12-,13+/m0/s1. The van der Waals surface area contributed by atoms with Crippen LogP contribution >= 0.6 is 11.8 Å². The number of nitrogens with zero attached hydrogens (tertiary/aromatic N) is 2. The van der Waals surface area contributed by atoms with Crippen molar-refractivity contribution < 1.29 is 19.4 Å². The molecule has 0 aliphatic carbocycles. The Labute approximate surface area is 138 Å². The fourth-order valence-electron chi connectivity index (χ4n) is 2.66. The normalized spacial score (nSPS) is 26.2. The molecule has 2 aliphatic rings. The predicted molar refractivity (Wildman–Crippen MR) is 87.9 cm³/mol. The van der Waals surface area contributed by atoms with E-state index >= 15 is 0 Å². The van der Waals surface area contributed by atoms with Crippen LogP contribution in [0.15, 0.2) is 35.3 Å². The van der Waals surface area contributed by atoms with Gasteiger partial charge in [-0.15, -0.1) is 0 Å². The zero-order chi connectivity index (χ0) is 16.2. The molecule has 1 aromatic carbocycles. The molecule has 6 nitrogen and oxygen atoms in total. The van der Waals surface area contributed by atoms with Gasteiger partial charge in [-0.25, -0.2) is 4.99 Å².